The average Bonchev–Trinajstić information content (AvgIpc) is 2.23. The monoisotopic (exact) mass is 212 g/mol. The van der Waals surface area contributed by atoms with E-state index in [0.29, 0.717) is 5.15 Å². The largest absolute Gasteiger partial charge is 0.378 e. The van der Waals surface area contributed by atoms with Crippen molar-refractivity contribution >= 4 is 17.3 Å². The molecule has 0 spiro atoms. The lowest BCUT2D eigenvalue weighted by Crippen LogP contribution is -2.36. The Morgan fingerprint density at radius 1 is 1.43 bits per heavy atom. The molecule has 0 unspecified atom stereocenters. The summed E-state index contributed by atoms with van der Waals surface area (Å²) in [6.07, 6.45) is 1.82. The number of morpholine rings is 1. The molecule has 1 fully saturated rings. The first-order valence-corrected chi connectivity index (χ1v) is 5.10. The molecule has 1 aliphatic rings. The Bertz CT molecular complexity index is 324. The maximum atomic E-state index is 5.87. The van der Waals surface area contributed by atoms with Crippen LogP contribution < -0.4 is 4.90 Å². The van der Waals surface area contributed by atoms with Gasteiger partial charge in [0.25, 0.3) is 0 Å². The highest BCUT2D eigenvalue weighted by molar-refractivity contribution is 6.30. The van der Waals surface area contributed by atoms with E-state index in [-0.39, 0.29) is 0 Å². The number of nitrogens with zero attached hydrogens (tertiary/aromatic N) is 2. The zero-order valence-corrected chi connectivity index (χ0v) is 8.92. The van der Waals surface area contributed by atoms with Gasteiger partial charge in [-0.15, -0.1) is 0 Å². The van der Waals surface area contributed by atoms with Crippen LogP contribution in [0.5, 0.6) is 0 Å². The van der Waals surface area contributed by atoms with E-state index in [1.165, 1.54) is 0 Å². The number of pyridine rings is 1. The van der Waals surface area contributed by atoms with Gasteiger partial charge in [-0.05, 0) is 18.6 Å². The summed E-state index contributed by atoms with van der Waals surface area (Å²) in [5, 5.41) is 0.585. The van der Waals surface area contributed by atoms with Crippen LogP contribution in [0.2, 0.25) is 5.15 Å². The summed E-state index contributed by atoms with van der Waals surface area (Å²) in [4.78, 5) is 6.40. The van der Waals surface area contributed by atoms with Crippen LogP contribution in [-0.2, 0) is 4.74 Å². The Labute approximate surface area is 88.6 Å². The molecule has 0 amide bonds. The van der Waals surface area contributed by atoms with E-state index in [2.05, 4.69) is 16.0 Å². The maximum Gasteiger partial charge on any atom is 0.132 e. The normalized spacial score (nSPS) is 17.1. The third-order valence-electron chi connectivity index (χ3n) is 2.38. The Morgan fingerprint density at radius 2 is 2.14 bits per heavy atom. The molecule has 0 N–H and O–H groups in total. The molecule has 14 heavy (non-hydrogen) atoms. The number of ether oxygens (including phenoxy) is 1. The van der Waals surface area contributed by atoms with Crippen molar-refractivity contribution in [2.75, 3.05) is 31.2 Å². The van der Waals surface area contributed by atoms with Crippen molar-refractivity contribution in [3.8, 4) is 0 Å². The quantitative estimate of drug-likeness (QED) is 0.665. The molecule has 0 bridgehead atoms. The van der Waals surface area contributed by atoms with Gasteiger partial charge < -0.3 is 9.64 Å². The molecule has 0 aliphatic carbocycles. The molecule has 0 aromatic carbocycles. The van der Waals surface area contributed by atoms with Crippen molar-refractivity contribution in [2.45, 2.75) is 6.92 Å². The molecule has 2 heterocycles. The van der Waals surface area contributed by atoms with Crippen LogP contribution in [0.1, 0.15) is 5.56 Å². The molecule has 1 saturated heterocycles. The van der Waals surface area contributed by atoms with Crippen LogP contribution in [-0.4, -0.2) is 31.3 Å². The second-order valence-electron chi connectivity index (χ2n) is 3.40. The summed E-state index contributed by atoms with van der Waals surface area (Å²) in [7, 11) is 0. The van der Waals surface area contributed by atoms with E-state index in [4.69, 9.17) is 16.3 Å². The minimum atomic E-state index is 0.585. The van der Waals surface area contributed by atoms with Crippen LogP contribution in [0.3, 0.4) is 0 Å². The van der Waals surface area contributed by atoms with Crippen LogP contribution in [0.15, 0.2) is 12.3 Å². The summed E-state index contributed by atoms with van der Waals surface area (Å²) < 4.78 is 5.29. The number of hydrogen-bond donors (Lipinski definition) is 0. The average molecular weight is 213 g/mol. The molecule has 3 nitrogen and oxygen atoms in total. The van der Waals surface area contributed by atoms with Crippen molar-refractivity contribution < 1.29 is 4.74 Å². The van der Waals surface area contributed by atoms with Gasteiger partial charge in [0.05, 0.1) is 25.1 Å². The lowest BCUT2D eigenvalue weighted by atomic mass is 10.2. The smallest absolute Gasteiger partial charge is 0.132 e. The van der Waals surface area contributed by atoms with Crippen LogP contribution >= 0.6 is 11.6 Å². The van der Waals surface area contributed by atoms with Gasteiger partial charge in [-0.3, -0.25) is 0 Å². The fourth-order valence-electron chi connectivity index (χ4n) is 1.54. The van der Waals surface area contributed by atoms with Crippen molar-refractivity contribution in [3.63, 3.8) is 0 Å². The molecule has 1 aliphatic heterocycles. The summed E-state index contributed by atoms with van der Waals surface area (Å²) in [6, 6.07) is 2.07. The minimum Gasteiger partial charge on any atom is -0.378 e. The molecular weight excluding hydrogens is 200 g/mol. The number of aromatic nitrogens is 1. The van der Waals surface area contributed by atoms with Gasteiger partial charge in [-0.25, -0.2) is 4.98 Å². The Hall–Kier alpha value is -0.800. The highest BCUT2D eigenvalue weighted by Gasteiger charge is 2.11. The molecule has 1 aromatic heterocycles. The molecular formula is C10H13ClN2O. The van der Waals surface area contributed by atoms with Gasteiger partial charge in [0, 0.05) is 13.1 Å². The van der Waals surface area contributed by atoms with Gasteiger partial charge >= 0.3 is 0 Å². The number of rotatable bonds is 1. The van der Waals surface area contributed by atoms with E-state index in [1.54, 1.807) is 0 Å². The van der Waals surface area contributed by atoms with E-state index in [1.807, 2.05) is 13.1 Å². The second-order valence-corrected chi connectivity index (χ2v) is 3.76. The predicted octanol–water partition coefficient (Wildman–Crippen LogP) is 1.88. The first-order valence-electron chi connectivity index (χ1n) is 4.72. The second kappa shape index (κ2) is 4.15. The third-order valence-corrected chi connectivity index (χ3v) is 2.77. The van der Waals surface area contributed by atoms with Crippen LogP contribution in [0, 0.1) is 6.92 Å². The van der Waals surface area contributed by atoms with Crippen molar-refractivity contribution in [3.05, 3.63) is 23.0 Å². The number of aryl methyl sites for hydroxylation is 1. The highest BCUT2D eigenvalue weighted by Crippen LogP contribution is 2.20. The molecule has 1 aromatic rings. The first kappa shape index (κ1) is 9.74. The van der Waals surface area contributed by atoms with Crippen LogP contribution in [0.25, 0.3) is 0 Å². The Kier molecular flexibility index (Phi) is 2.89. The fraction of sp³-hybridized carbons (Fsp3) is 0.500. The van der Waals surface area contributed by atoms with E-state index in [9.17, 15) is 0 Å². The lowest BCUT2D eigenvalue weighted by Gasteiger charge is -2.28. The predicted molar refractivity (Wildman–Crippen MR) is 57.0 cm³/mol. The Balaban J connectivity index is 2.18. The SMILES string of the molecule is Cc1cc(N2CCOCC2)cnc1Cl. The van der Waals surface area contributed by atoms with Crippen molar-refractivity contribution in [2.24, 2.45) is 0 Å². The van der Waals surface area contributed by atoms with E-state index < -0.39 is 0 Å². The number of anilines is 1. The van der Waals surface area contributed by atoms with Gasteiger partial charge in [0.15, 0.2) is 0 Å². The van der Waals surface area contributed by atoms with Gasteiger partial charge in [0.2, 0.25) is 0 Å². The summed E-state index contributed by atoms with van der Waals surface area (Å²) in [5.74, 6) is 0. The zero-order valence-electron chi connectivity index (χ0n) is 8.16. The fourth-order valence-corrected chi connectivity index (χ4v) is 1.64. The lowest BCUT2D eigenvalue weighted by molar-refractivity contribution is 0.122. The molecule has 76 valence electrons. The number of halogens is 1. The van der Waals surface area contributed by atoms with Crippen molar-refractivity contribution in [1.82, 2.24) is 4.98 Å². The minimum absolute atomic E-state index is 0.585. The van der Waals surface area contributed by atoms with Gasteiger partial charge in [-0.1, -0.05) is 11.6 Å². The zero-order chi connectivity index (χ0) is 9.97. The standard InChI is InChI=1S/C10H13ClN2O/c1-8-6-9(7-12-10(8)11)13-2-4-14-5-3-13/h6-7H,2-5H2,1H3. The molecule has 4 heteroatoms. The van der Waals surface area contributed by atoms with E-state index in [0.717, 1.165) is 37.6 Å². The van der Waals surface area contributed by atoms with Crippen LogP contribution in [0.4, 0.5) is 5.69 Å². The summed E-state index contributed by atoms with van der Waals surface area (Å²) >= 11 is 5.87. The van der Waals surface area contributed by atoms with Gasteiger partial charge in [-0.2, -0.15) is 0 Å². The molecule has 0 radical (unpaired) electrons. The topological polar surface area (TPSA) is 25.4 Å². The summed E-state index contributed by atoms with van der Waals surface area (Å²) in [5.41, 5.74) is 2.16. The van der Waals surface area contributed by atoms with Crippen molar-refractivity contribution in [1.29, 1.82) is 0 Å². The molecule has 0 saturated carbocycles. The molecule has 2 rings (SSSR count). The summed E-state index contributed by atoms with van der Waals surface area (Å²) in [6.45, 7) is 5.42. The highest BCUT2D eigenvalue weighted by atomic mass is 35.5. The van der Waals surface area contributed by atoms with Gasteiger partial charge in [0.1, 0.15) is 5.15 Å². The number of hydrogen-bond acceptors (Lipinski definition) is 3. The third kappa shape index (κ3) is 1.99. The first-order chi connectivity index (χ1) is 6.77. The molecule has 0 atom stereocenters. The van der Waals surface area contributed by atoms with E-state index >= 15 is 0 Å². The maximum absolute atomic E-state index is 5.87. The Morgan fingerprint density at radius 3 is 2.79 bits per heavy atom.